The average Bonchev–Trinajstić information content (AvgIpc) is 2.86. The van der Waals surface area contributed by atoms with E-state index in [4.69, 9.17) is 11.6 Å². The highest BCUT2D eigenvalue weighted by Crippen LogP contribution is 2.26. The van der Waals surface area contributed by atoms with Gasteiger partial charge in [-0.2, -0.15) is 5.10 Å². The number of thiazole rings is 1. The Hall–Kier alpha value is -1.40. The van der Waals surface area contributed by atoms with Crippen LogP contribution in [-0.2, 0) is 4.79 Å². The van der Waals surface area contributed by atoms with E-state index in [0.29, 0.717) is 11.4 Å². The maximum absolute atomic E-state index is 11.1. The van der Waals surface area contributed by atoms with E-state index in [0.717, 1.165) is 5.01 Å². The lowest BCUT2D eigenvalue weighted by molar-refractivity contribution is -0.113. The van der Waals surface area contributed by atoms with Crippen LogP contribution >= 0.6 is 22.9 Å². The molecule has 0 aromatic carbocycles. The Morgan fingerprint density at radius 2 is 2.53 bits per heavy atom. The molecule has 0 fully saturated rings. The van der Waals surface area contributed by atoms with Gasteiger partial charge in [0.05, 0.1) is 11.9 Å². The fourth-order valence-corrected chi connectivity index (χ4v) is 1.79. The molecule has 2 heterocycles. The first-order chi connectivity index (χ1) is 7.31. The summed E-state index contributed by atoms with van der Waals surface area (Å²) in [5.41, 5.74) is 1.29. The summed E-state index contributed by atoms with van der Waals surface area (Å²) in [4.78, 5) is 15.2. The topological polar surface area (TPSA) is 70.7 Å². The SMILES string of the molecule is O=C(CCl)Nc1cn[nH]c1-c1nccs1. The van der Waals surface area contributed by atoms with Crippen LogP contribution in [0, 0.1) is 0 Å². The predicted octanol–water partition coefficient (Wildman–Crippen LogP) is 1.71. The summed E-state index contributed by atoms with van der Waals surface area (Å²) >= 11 is 6.85. The number of carbonyl (C=O) groups excluding carboxylic acids is 1. The van der Waals surface area contributed by atoms with Crippen molar-refractivity contribution in [2.24, 2.45) is 0 Å². The van der Waals surface area contributed by atoms with Crippen LogP contribution in [-0.4, -0.2) is 27.0 Å². The number of nitrogens with zero attached hydrogens (tertiary/aromatic N) is 2. The number of aromatic nitrogens is 3. The third-order valence-electron chi connectivity index (χ3n) is 1.68. The van der Waals surface area contributed by atoms with Gasteiger partial charge in [0.2, 0.25) is 5.91 Å². The number of rotatable bonds is 3. The normalized spacial score (nSPS) is 10.2. The van der Waals surface area contributed by atoms with Crippen molar-refractivity contribution in [3.8, 4) is 10.7 Å². The Kier molecular flexibility index (Phi) is 2.98. The van der Waals surface area contributed by atoms with Crippen LogP contribution in [0.5, 0.6) is 0 Å². The summed E-state index contributed by atoms with van der Waals surface area (Å²) in [6, 6.07) is 0. The molecule has 0 spiro atoms. The minimum atomic E-state index is -0.268. The first-order valence-electron chi connectivity index (χ1n) is 4.10. The second-order valence-electron chi connectivity index (χ2n) is 2.68. The van der Waals surface area contributed by atoms with Crippen molar-refractivity contribution in [1.29, 1.82) is 0 Å². The van der Waals surface area contributed by atoms with Crippen molar-refractivity contribution < 1.29 is 4.79 Å². The van der Waals surface area contributed by atoms with Gasteiger partial charge in [0, 0.05) is 11.6 Å². The van der Waals surface area contributed by atoms with Gasteiger partial charge < -0.3 is 5.32 Å². The molecule has 78 valence electrons. The zero-order valence-electron chi connectivity index (χ0n) is 7.53. The fraction of sp³-hybridized carbons (Fsp3) is 0.125. The Bertz CT molecular complexity index is 453. The molecule has 0 saturated heterocycles. The lowest BCUT2D eigenvalue weighted by Crippen LogP contribution is -2.12. The minimum Gasteiger partial charge on any atom is -0.322 e. The number of halogens is 1. The van der Waals surface area contributed by atoms with E-state index in [1.807, 2.05) is 5.38 Å². The number of hydrogen-bond acceptors (Lipinski definition) is 4. The molecule has 2 aromatic rings. The summed E-state index contributed by atoms with van der Waals surface area (Å²) < 4.78 is 0. The summed E-state index contributed by atoms with van der Waals surface area (Å²) in [5, 5.41) is 11.9. The van der Waals surface area contributed by atoms with Gasteiger partial charge in [-0.1, -0.05) is 0 Å². The molecule has 15 heavy (non-hydrogen) atoms. The number of amides is 1. The van der Waals surface area contributed by atoms with Crippen LogP contribution in [0.2, 0.25) is 0 Å². The molecule has 7 heteroatoms. The van der Waals surface area contributed by atoms with Crippen molar-refractivity contribution in [1.82, 2.24) is 15.2 Å². The fourth-order valence-electron chi connectivity index (χ4n) is 1.07. The molecule has 0 aliphatic carbocycles. The highest BCUT2D eigenvalue weighted by Gasteiger charge is 2.11. The average molecular weight is 243 g/mol. The van der Waals surface area contributed by atoms with Gasteiger partial charge in [-0.3, -0.25) is 9.89 Å². The van der Waals surface area contributed by atoms with Crippen LogP contribution in [0.1, 0.15) is 0 Å². The molecule has 0 aliphatic heterocycles. The van der Waals surface area contributed by atoms with Crippen molar-refractivity contribution in [3.05, 3.63) is 17.8 Å². The molecule has 0 atom stereocenters. The van der Waals surface area contributed by atoms with Gasteiger partial charge in [0.1, 0.15) is 16.6 Å². The standard InChI is InChI=1S/C8H7ClN4OS/c9-3-6(14)12-5-4-11-13-7(5)8-10-1-2-15-8/h1-2,4H,3H2,(H,11,13)(H,12,14). The number of aromatic amines is 1. The quantitative estimate of drug-likeness (QED) is 0.805. The van der Waals surface area contributed by atoms with Gasteiger partial charge in [-0.15, -0.1) is 22.9 Å². The summed E-state index contributed by atoms with van der Waals surface area (Å²) in [6.07, 6.45) is 3.22. The number of carbonyl (C=O) groups is 1. The first-order valence-corrected chi connectivity index (χ1v) is 5.51. The third kappa shape index (κ3) is 2.16. The lowest BCUT2D eigenvalue weighted by atomic mass is 10.4. The van der Waals surface area contributed by atoms with E-state index < -0.39 is 0 Å². The molecule has 0 aliphatic rings. The zero-order chi connectivity index (χ0) is 10.7. The molecule has 2 rings (SSSR count). The van der Waals surface area contributed by atoms with Crippen molar-refractivity contribution in [2.75, 3.05) is 11.2 Å². The molecular weight excluding hydrogens is 236 g/mol. The molecule has 2 aromatic heterocycles. The molecule has 0 saturated carbocycles. The largest absolute Gasteiger partial charge is 0.322 e. The molecular formula is C8H7ClN4OS. The molecule has 1 amide bonds. The summed E-state index contributed by atoms with van der Waals surface area (Å²) in [6.45, 7) is 0. The van der Waals surface area contributed by atoms with E-state index in [1.54, 1.807) is 6.20 Å². The van der Waals surface area contributed by atoms with Crippen LogP contribution in [0.4, 0.5) is 5.69 Å². The number of hydrogen-bond donors (Lipinski definition) is 2. The summed E-state index contributed by atoms with van der Waals surface area (Å²) in [5.74, 6) is -0.349. The van der Waals surface area contributed by atoms with Crippen LogP contribution in [0.25, 0.3) is 10.7 Å². The Balaban J connectivity index is 2.27. The van der Waals surface area contributed by atoms with Crippen LogP contribution < -0.4 is 5.32 Å². The molecule has 2 N–H and O–H groups in total. The second-order valence-corrected chi connectivity index (χ2v) is 3.84. The van der Waals surface area contributed by atoms with E-state index in [9.17, 15) is 4.79 Å². The van der Waals surface area contributed by atoms with E-state index in [2.05, 4.69) is 20.5 Å². The van der Waals surface area contributed by atoms with Gasteiger partial charge in [0.25, 0.3) is 0 Å². The molecule has 0 radical (unpaired) electrons. The first kappa shape index (κ1) is 10.1. The highest BCUT2D eigenvalue weighted by atomic mass is 35.5. The minimum absolute atomic E-state index is 0.0809. The van der Waals surface area contributed by atoms with Gasteiger partial charge in [-0.25, -0.2) is 4.98 Å². The maximum Gasteiger partial charge on any atom is 0.239 e. The van der Waals surface area contributed by atoms with Gasteiger partial charge in [-0.05, 0) is 0 Å². The number of anilines is 1. The Morgan fingerprint density at radius 1 is 1.67 bits per heavy atom. The molecule has 5 nitrogen and oxygen atoms in total. The van der Waals surface area contributed by atoms with Crippen molar-refractivity contribution >= 4 is 34.5 Å². The van der Waals surface area contributed by atoms with Crippen molar-refractivity contribution in [3.63, 3.8) is 0 Å². The number of alkyl halides is 1. The van der Waals surface area contributed by atoms with E-state index in [-0.39, 0.29) is 11.8 Å². The third-order valence-corrected chi connectivity index (χ3v) is 2.71. The maximum atomic E-state index is 11.1. The zero-order valence-corrected chi connectivity index (χ0v) is 9.10. The Morgan fingerprint density at radius 3 is 3.20 bits per heavy atom. The van der Waals surface area contributed by atoms with E-state index in [1.165, 1.54) is 17.5 Å². The van der Waals surface area contributed by atoms with Crippen LogP contribution in [0.15, 0.2) is 17.8 Å². The van der Waals surface area contributed by atoms with E-state index >= 15 is 0 Å². The smallest absolute Gasteiger partial charge is 0.239 e. The second kappa shape index (κ2) is 4.41. The van der Waals surface area contributed by atoms with Crippen LogP contribution in [0.3, 0.4) is 0 Å². The Labute approximate surface area is 94.5 Å². The monoisotopic (exact) mass is 242 g/mol. The van der Waals surface area contributed by atoms with Gasteiger partial charge >= 0.3 is 0 Å². The lowest BCUT2D eigenvalue weighted by Gasteiger charge is -2.00. The van der Waals surface area contributed by atoms with Crippen molar-refractivity contribution in [2.45, 2.75) is 0 Å². The summed E-state index contributed by atoms with van der Waals surface area (Å²) in [7, 11) is 0. The number of H-pyrrole nitrogens is 1. The van der Waals surface area contributed by atoms with Gasteiger partial charge in [0.15, 0.2) is 0 Å². The molecule has 0 unspecified atom stereocenters. The highest BCUT2D eigenvalue weighted by molar-refractivity contribution is 7.13. The number of nitrogens with one attached hydrogen (secondary N) is 2. The molecule has 0 bridgehead atoms. The predicted molar refractivity (Wildman–Crippen MR) is 59.0 cm³/mol.